The van der Waals surface area contributed by atoms with Crippen LogP contribution in [0.3, 0.4) is 0 Å². The van der Waals surface area contributed by atoms with Crippen LogP contribution in [0.5, 0.6) is 0 Å². The molecule has 0 aliphatic heterocycles. The van der Waals surface area contributed by atoms with Crippen molar-refractivity contribution < 1.29 is 9.72 Å². The minimum atomic E-state index is -0.597. The van der Waals surface area contributed by atoms with Crippen LogP contribution in [0.4, 0.5) is 5.69 Å². The molecule has 1 aromatic rings. The zero-order valence-electron chi connectivity index (χ0n) is 12.6. The van der Waals surface area contributed by atoms with E-state index in [0.717, 1.165) is 12.8 Å². The van der Waals surface area contributed by atoms with E-state index in [9.17, 15) is 14.9 Å². The van der Waals surface area contributed by atoms with Crippen LogP contribution < -0.4 is 0 Å². The second kappa shape index (κ2) is 7.98. The Morgan fingerprint density at radius 3 is 2.43 bits per heavy atom. The van der Waals surface area contributed by atoms with Crippen LogP contribution in [-0.2, 0) is 0 Å². The van der Waals surface area contributed by atoms with E-state index in [-0.39, 0.29) is 22.2 Å². The Labute approximate surface area is 130 Å². The second-order valence-electron chi connectivity index (χ2n) is 4.92. The number of amides is 1. The number of halogens is 1. The first kappa shape index (κ1) is 17.4. The molecule has 21 heavy (non-hydrogen) atoms. The van der Waals surface area contributed by atoms with Crippen LogP contribution in [0.2, 0.25) is 5.02 Å². The molecule has 0 aliphatic carbocycles. The maximum atomic E-state index is 12.6. The fourth-order valence-electron chi connectivity index (χ4n) is 2.26. The summed E-state index contributed by atoms with van der Waals surface area (Å²) in [5.74, 6) is 0.0609. The number of para-hydroxylation sites is 1. The van der Waals surface area contributed by atoms with Crippen molar-refractivity contribution in [3.63, 3.8) is 0 Å². The highest BCUT2D eigenvalue weighted by atomic mass is 35.5. The topological polar surface area (TPSA) is 63.5 Å². The molecule has 1 aromatic carbocycles. The molecule has 0 atom stereocenters. The average molecular weight is 313 g/mol. The van der Waals surface area contributed by atoms with E-state index in [1.807, 2.05) is 6.92 Å². The number of rotatable bonds is 7. The van der Waals surface area contributed by atoms with E-state index in [1.54, 1.807) is 11.0 Å². The number of nitrogens with zero attached hydrogens (tertiary/aromatic N) is 2. The molecule has 5 nitrogen and oxygen atoms in total. The van der Waals surface area contributed by atoms with Crippen LogP contribution in [0, 0.1) is 16.0 Å². The van der Waals surface area contributed by atoms with E-state index in [1.165, 1.54) is 12.1 Å². The summed E-state index contributed by atoms with van der Waals surface area (Å²) in [4.78, 5) is 24.8. The SMILES string of the molecule is CCC(CC)CN(CC)C(=O)c1cccc(Cl)c1[N+](=O)[O-]. The molecule has 1 amide bonds. The Hall–Kier alpha value is -1.62. The van der Waals surface area contributed by atoms with Crippen molar-refractivity contribution in [3.8, 4) is 0 Å². The molecule has 0 spiro atoms. The normalized spacial score (nSPS) is 10.7. The van der Waals surface area contributed by atoms with Crippen molar-refractivity contribution in [2.75, 3.05) is 13.1 Å². The van der Waals surface area contributed by atoms with Crippen molar-refractivity contribution in [1.29, 1.82) is 0 Å². The molecule has 0 saturated heterocycles. The molecule has 0 unspecified atom stereocenters. The third-order valence-electron chi connectivity index (χ3n) is 3.70. The fourth-order valence-corrected chi connectivity index (χ4v) is 2.50. The number of hydrogen-bond donors (Lipinski definition) is 0. The standard InChI is InChI=1S/C15H21ClN2O3/c1-4-11(5-2)10-17(6-3)15(19)12-8-7-9-13(16)14(12)18(20)21/h7-9,11H,4-6,10H2,1-3H3. The predicted molar refractivity (Wildman–Crippen MR) is 83.8 cm³/mol. The van der Waals surface area contributed by atoms with Gasteiger partial charge in [0.2, 0.25) is 0 Å². The lowest BCUT2D eigenvalue weighted by Gasteiger charge is -2.25. The molecule has 0 bridgehead atoms. The van der Waals surface area contributed by atoms with Crippen LogP contribution in [-0.4, -0.2) is 28.8 Å². The van der Waals surface area contributed by atoms with Gasteiger partial charge in [0.05, 0.1) is 4.92 Å². The first-order valence-electron chi connectivity index (χ1n) is 7.18. The monoisotopic (exact) mass is 312 g/mol. The highest BCUT2D eigenvalue weighted by Gasteiger charge is 2.27. The quantitative estimate of drug-likeness (QED) is 0.561. The van der Waals surface area contributed by atoms with Gasteiger partial charge in [0.25, 0.3) is 5.91 Å². The summed E-state index contributed by atoms with van der Waals surface area (Å²) in [6.45, 7) is 7.14. The van der Waals surface area contributed by atoms with E-state index in [2.05, 4.69) is 13.8 Å². The largest absolute Gasteiger partial charge is 0.338 e. The van der Waals surface area contributed by atoms with Crippen LogP contribution in [0.25, 0.3) is 0 Å². The molecule has 0 aromatic heterocycles. The Balaban J connectivity index is 3.11. The third-order valence-corrected chi connectivity index (χ3v) is 4.01. The molecule has 0 N–H and O–H groups in total. The van der Waals surface area contributed by atoms with Gasteiger partial charge >= 0.3 is 5.69 Å². The van der Waals surface area contributed by atoms with E-state index in [0.29, 0.717) is 19.0 Å². The predicted octanol–water partition coefficient (Wildman–Crippen LogP) is 4.15. The number of carbonyl (C=O) groups is 1. The molecular formula is C15H21ClN2O3. The summed E-state index contributed by atoms with van der Waals surface area (Å²) < 4.78 is 0. The summed E-state index contributed by atoms with van der Waals surface area (Å²) >= 11 is 5.86. The van der Waals surface area contributed by atoms with Crippen LogP contribution >= 0.6 is 11.6 Å². The Morgan fingerprint density at radius 2 is 1.95 bits per heavy atom. The molecule has 1 rings (SSSR count). The van der Waals surface area contributed by atoms with Gasteiger partial charge in [-0.1, -0.05) is 44.4 Å². The first-order chi connectivity index (χ1) is 9.96. The summed E-state index contributed by atoms with van der Waals surface area (Å²) in [7, 11) is 0. The summed E-state index contributed by atoms with van der Waals surface area (Å²) in [6, 6.07) is 4.45. The van der Waals surface area contributed by atoms with Gasteiger partial charge < -0.3 is 4.90 Å². The van der Waals surface area contributed by atoms with E-state index >= 15 is 0 Å². The van der Waals surface area contributed by atoms with Gasteiger partial charge in [-0.25, -0.2) is 0 Å². The maximum absolute atomic E-state index is 12.6. The van der Waals surface area contributed by atoms with Crippen molar-refractivity contribution in [2.24, 2.45) is 5.92 Å². The molecule has 0 aliphatic rings. The lowest BCUT2D eigenvalue weighted by atomic mass is 10.0. The van der Waals surface area contributed by atoms with Gasteiger partial charge in [0.1, 0.15) is 10.6 Å². The lowest BCUT2D eigenvalue weighted by Crippen LogP contribution is -2.35. The van der Waals surface area contributed by atoms with Gasteiger partial charge in [-0.2, -0.15) is 0 Å². The maximum Gasteiger partial charge on any atom is 0.300 e. The van der Waals surface area contributed by atoms with Gasteiger partial charge in [-0.15, -0.1) is 0 Å². The smallest absolute Gasteiger partial charge is 0.300 e. The van der Waals surface area contributed by atoms with Crippen LogP contribution in [0.15, 0.2) is 18.2 Å². The summed E-state index contributed by atoms with van der Waals surface area (Å²) in [5.41, 5.74) is -0.257. The van der Waals surface area contributed by atoms with Gasteiger partial charge in [-0.05, 0) is 25.0 Å². The molecule has 0 heterocycles. The number of carbonyl (C=O) groups excluding carboxylic acids is 1. The Bertz CT molecular complexity index is 516. The fraction of sp³-hybridized carbons (Fsp3) is 0.533. The van der Waals surface area contributed by atoms with Gasteiger partial charge in [0, 0.05) is 13.1 Å². The van der Waals surface area contributed by atoms with Crippen molar-refractivity contribution in [2.45, 2.75) is 33.6 Å². The van der Waals surface area contributed by atoms with Crippen LogP contribution in [0.1, 0.15) is 44.0 Å². The van der Waals surface area contributed by atoms with Crippen molar-refractivity contribution >= 4 is 23.2 Å². The zero-order chi connectivity index (χ0) is 16.0. The minimum Gasteiger partial charge on any atom is -0.338 e. The summed E-state index contributed by atoms with van der Waals surface area (Å²) in [5, 5.41) is 11.1. The number of hydrogen-bond acceptors (Lipinski definition) is 3. The highest BCUT2D eigenvalue weighted by molar-refractivity contribution is 6.33. The van der Waals surface area contributed by atoms with Crippen molar-refractivity contribution in [1.82, 2.24) is 4.90 Å². The molecule has 6 heteroatoms. The minimum absolute atomic E-state index is 0.00978. The van der Waals surface area contributed by atoms with Crippen molar-refractivity contribution in [3.05, 3.63) is 38.9 Å². The second-order valence-corrected chi connectivity index (χ2v) is 5.33. The van der Waals surface area contributed by atoms with E-state index < -0.39 is 4.92 Å². The summed E-state index contributed by atoms with van der Waals surface area (Å²) in [6.07, 6.45) is 1.94. The zero-order valence-corrected chi connectivity index (χ0v) is 13.4. The van der Waals surface area contributed by atoms with Gasteiger partial charge in [0.15, 0.2) is 0 Å². The molecular weight excluding hydrogens is 292 g/mol. The number of benzene rings is 1. The third kappa shape index (κ3) is 4.17. The Morgan fingerprint density at radius 1 is 1.33 bits per heavy atom. The Kier molecular flexibility index (Phi) is 6.62. The first-order valence-corrected chi connectivity index (χ1v) is 7.56. The molecule has 0 radical (unpaired) electrons. The lowest BCUT2D eigenvalue weighted by molar-refractivity contribution is -0.385. The highest BCUT2D eigenvalue weighted by Crippen LogP contribution is 2.29. The molecule has 116 valence electrons. The molecule has 0 fully saturated rings. The van der Waals surface area contributed by atoms with Gasteiger partial charge in [-0.3, -0.25) is 14.9 Å². The number of nitro groups is 1. The number of nitro benzene ring substituents is 1. The average Bonchev–Trinajstić information content (AvgIpc) is 2.47. The van der Waals surface area contributed by atoms with E-state index in [4.69, 9.17) is 11.6 Å². The molecule has 0 saturated carbocycles.